The van der Waals surface area contributed by atoms with Gasteiger partial charge in [-0.2, -0.15) is 0 Å². The summed E-state index contributed by atoms with van der Waals surface area (Å²) in [6.07, 6.45) is 6.74. The molecular weight excluding hydrogens is 306 g/mol. The Morgan fingerprint density at radius 1 is 1.33 bits per heavy atom. The monoisotopic (exact) mass is 335 g/mol. The molecule has 134 valence electrons. The Balaban J connectivity index is 1.57. The van der Waals surface area contributed by atoms with Crippen LogP contribution in [0, 0.1) is 5.92 Å². The average Bonchev–Trinajstić information content (AvgIpc) is 3.06. The van der Waals surface area contributed by atoms with Gasteiger partial charge in [0.05, 0.1) is 19.3 Å². The minimum Gasteiger partial charge on any atom is -0.386 e. The Morgan fingerprint density at radius 3 is 2.71 bits per heavy atom. The maximum atomic E-state index is 12.9. The molecule has 0 aromatic carbocycles. The smallest absolute Gasteiger partial charge is 0.225 e. The van der Waals surface area contributed by atoms with Crippen LogP contribution in [-0.2, 0) is 11.3 Å². The van der Waals surface area contributed by atoms with E-state index in [-0.39, 0.29) is 11.8 Å². The highest BCUT2D eigenvalue weighted by molar-refractivity contribution is 5.79. The Kier molecular flexibility index (Phi) is 5.20. The summed E-state index contributed by atoms with van der Waals surface area (Å²) in [7, 11) is 0. The summed E-state index contributed by atoms with van der Waals surface area (Å²) in [5.74, 6) is 0.323. The summed E-state index contributed by atoms with van der Waals surface area (Å²) in [4.78, 5) is 17.2. The highest BCUT2D eigenvalue weighted by atomic mass is 16.3. The molecule has 1 unspecified atom stereocenters. The van der Waals surface area contributed by atoms with Crippen molar-refractivity contribution in [2.75, 3.05) is 26.2 Å². The second kappa shape index (κ2) is 7.19. The molecule has 1 aromatic heterocycles. The molecule has 0 spiro atoms. The van der Waals surface area contributed by atoms with Crippen molar-refractivity contribution >= 4 is 5.91 Å². The number of carbonyl (C=O) groups is 1. The molecule has 0 aliphatic carbocycles. The van der Waals surface area contributed by atoms with Gasteiger partial charge in [-0.1, -0.05) is 5.21 Å². The molecule has 1 amide bonds. The summed E-state index contributed by atoms with van der Waals surface area (Å²) in [5.41, 5.74) is -0.903. The van der Waals surface area contributed by atoms with E-state index in [4.69, 9.17) is 0 Å². The van der Waals surface area contributed by atoms with Crippen molar-refractivity contribution in [2.24, 2.45) is 5.92 Å². The molecule has 0 bridgehead atoms. The second-order valence-electron chi connectivity index (χ2n) is 7.59. The van der Waals surface area contributed by atoms with E-state index in [9.17, 15) is 9.90 Å². The summed E-state index contributed by atoms with van der Waals surface area (Å²) < 4.78 is 1.65. The van der Waals surface area contributed by atoms with E-state index in [1.807, 2.05) is 4.90 Å². The quantitative estimate of drug-likeness (QED) is 0.879. The number of rotatable bonds is 4. The Labute approximate surface area is 143 Å². The number of aliphatic hydroxyl groups is 1. The molecule has 2 fully saturated rings. The van der Waals surface area contributed by atoms with Gasteiger partial charge >= 0.3 is 0 Å². The average molecular weight is 335 g/mol. The number of hydrogen-bond donors (Lipinski definition) is 1. The predicted octanol–water partition coefficient (Wildman–Crippen LogP) is 0.752. The Morgan fingerprint density at radius 2 is 2.08 bits per heavy atom. The number of hydrogen-bond acceptors (Lipinski definition) is 5. The van der Waals surface area contributed by atoms with Crippen LogP contribution >= 0.6 is 0 Å². The van der Waals surface area contributed by atoms with Gasteiger partial charge in [-0.25, -0.2) is 4.68 Å². The van der Waals surface area contributed by atoms with E-state index in [0.717, 1.165) is 38.9 Å². The van der Waals surface area contributed by atoms with Gasteiger partial charge < -0.3 is 14.9 Å². The van der Waals surface area contributed by atoms with Crippen molar-refractivity contribution in [3.63, 3.8) is 0 Å². The number of piperidine rings is 2. The van der Waals surface area contributed by atoms with Crippen molar-refractivity contribution < 1.29 is 9.90 Å². The normalized spacial score (nSPS) is 26.9. The molecule has 1 aromatic rings. The molecule has 24 heavy (non-hydrogen) atoms. The van der Waals surface area contributed by atoms with Gasteiger partial charge in [-0.3, -0.25) is 4.79 Å². The first-order valence-corrected chi connectivity index (χ1v) is 9.06. The number of β-amino-alcohol motifs (C(OH)–C–C–N with tert-alkyl or cyclic N) is 1. The number of nitrogens with zero attached hydrogens (tertiary/aromatic N) is 5. The third kappa shape index (κ3) is 3.95. The highest BCUT2D eigenvalue weighted by Crippen LogP contribution is 2.27. The van der Waals surface area contributed by atoms with Crippen molar-refractivity contribution in [1.82, 2.24) is 24.8 Å². The van der Waals surface area contributed by atoms with Crippen LogP contribution in [0.5, 0.6) is 0 Å². The molecule has 2 saturated heterocycles. The lowest BCUT2D eigenvalue weighted by molar-refractivity contribution is -0.145. The second-order valence-corrected chi connectivity index (χ2v) is 7.59. The fourth-order valence-electron chi connectivity index (χ4n) is 3.97. The molecule has 2 aliphatic rings. The number of amides is 1. The first kappa shape index (κ1) is 17.4. The molecule has 2 aliphatic heterocycles. The van der Waals surface area contributed by atoms with Crippen LogP contribution in [0.15, 0.2) is 12.4 Å². The van der Waals surface area contributed by atoms with Gasteiger partial charge in [-0.15, -0.1) is 5.10 Å². The van der Waals surface area contributed by atoms with Crippen LogP contribution in [0.2, 0.25) is 0 Å². The van der Waals surface area contributed by atoms with Crippen LogP contribution < -0.4 is 0 Å². The van der Waals surface area contributed by atoms with E-state index in [1.54, 1.807) is 17.1 Å². The number of carbonyl (C=O) groups excluding carboxylic acids is 1. The zero-order valence-electron chi connectivity index (χ0n) is 14.8. The molecule has 7 heteroatoms. The van der Waals surface area contributed by atoms with E-state index >= 15 is 0 Å². The van der Waals surface area contributed by atoms with Gasteiger partial charge in [0.1, 0.15) is 5.60 Å². The fourth-order valence-corrected chi connectivity index (χ4v) is 3.97. The van der Waals surface area contributed by atoms with Crippen LogP contribution in [0.3, 0.4) is 0 Å². The third-order valence-corrected chi connectivity index (χ3v) is 5.40. The maximum absolute atomic E-state index is 12.9. The lowest BCUT2D eigenvalue weighted by Gasteiger charge is -2.42. The van der Waals surface area contributed by atoms with Crippen LogP contribution in [-0.4, -0.2) is 73.6 Å². The molecular formula is C17H29N5O2. The molecule has 3 rings (SSSR count). The van der Waals surface area contributed by atoms with Crippen molar-refractivity contribution in [3.05, 3.63) is 12.4 Å². The van der Waals surface area contributed by atoms with E-state index in [0.29, 0.717) is 25.6 Å². The predicted molar refractivity (Wildman–Crippen MR) is 90.2 cm³/mol. The molecule has 3 heterocycles. The van der Waals surface area contributed by atoms with Crippen molar-refractivity contribution in [2.45, 2.75) is 57.7 Å². The zero-order chi connectivity index (χ0) is 17.2. The SMILES string of the molecule is CC(C)N1CCC(C(=O)N2CCCC(O)(Cn3ccnn3)C2)CC1. The topological polar surface area (TPSA) is 74.5 Å². The zero-order valence-corrected chi connectivity index (χ0v) is 14.8. The van der Waals surface area contributed by atoms with Gasteiger partial charge in [0, 0.05) is 24.7 Å². The Bertz CT molecular complexity index is 539. The summed E-state index contributed by atoms with van der Waals surface area (Å²) in [5, 5.41) is 18.6. The number of likely N-dealkylation sites (tertiary alicyclic amines) is 2. The van der Waals surface area contributed by atoms with E-state index < -0.39 is 5.60 Å². The molecule has 1 atom stereocenters. The first-order valence-electron chi connectivity index (χ1n) is 9.06. The van der Waals surface area contributed by atoms with Gasteiger partial charge in [0.2, 0.25) is 5.91 Å². The molecule has 0 saturated carbocycles. The van der Waals surface area contributed by atoms with Crippen LogP contribution in [0.25, 0.3) is 0 Å². The summed E-state index contributed by atoms with van der Waals surface area (Å²) in [6, 6.07) is 0.545. The summed E-state index contributed by atoms with van der Waals surface area (Å²) >= 11 is 0. The fraction of sp³-hybridized carbons (Fsp3) is 0.824. The van der Waals surface area contributed by atoms with Crippen LogP contribution in [0.1, 0.15) is 39.5 Å². The summed E-state index contributed by atoms with van der Waals surface area (Å²) in [6.45, 7) is 7.94. The minimum absolute atomic E-state index is 0.105. The largest absolute Gasteiger partial charge is 0.386 e. The van der Waals surface area contributed by atoms with Gasteiger partial charge in [-0.05, 0) is 52.6 Å². The Hall–Kier alpha value is -1.47. The molecule has 7 nitrogen and oxygen atoms in total. The lowest BCUT2D eigenvalue weighted by Crippen LogP contribution is -2.54. The van der Waals surface area contributed by atoms with Gasteiger partial charge in [0.25, 0.3) is 0 Å². The van der Waals surface area contributed by atoms with Gasteiger partial charge in [0.15, 0.2) is 0 Å². The van der Waals surface area contributed by atoms with E-state index in [1.165, 1.54) is 0 Å². The minimum atomic E-state index is -0.903. The number of aromatic nitrogens is 3. The third-order valence-electron chi connectivity index (χ3n) is 5.40. The lowest BCUT2D eigenvalue weighted by atomic mass is 9.89. The molecule has 0 radical (unpaired) electrons. The maximum Gasteiger partial charge on any atom is 0.225 e. The van der Waals surface area contributed by atoms with E-state index in [2.05, 4.69) is 29.1 Å². The molecule has 1 N–H and O–H groups in total. The first-order chi connectivity index (χ1) is 11.5. The highest BCUT2D eigenvalue weighted by Gasteiger charge is 2.38. The van der Waals surface area contributed by atoms with Crippen molar-refractivity contribution in [3.8, 4) is 0 Å². The standard InChI is InChI=1S/C17H29N5O2/c1-14(2)20-9-4-15(5-10-20)16(23)21-8-3-6-17(24,12-21)13-22-11-7-18-19-22/h7,11,14-15,24H,3-6,8-10,12-13H2,1-2H3. The van der Waals surface area contributed by atoms with Crippen LogP contribution in [0.4, 0.5) is 0 Å². The van der Waals surface area contributed by atoms with Crippen molar-refractivity contribution in [1.29, 1.82) is 0 Å².